The maximum Gasteiger partial charge on any atom is 0.138 e. The van der Waals surface area contributed by atoms with Gasteiger partial charge in [-0.25, -0.2) is 0 Å². The van der Waals surface area contributed by atoms with Crippen molar-refractivity contribution in [2.45, 2.75) is 51.4 Å². The molecule has 0 saturated heterocycles. The normalized spacial score (nSPS) is 18.4. The molecule has 0 atom stereocenters. The molecule has 2 rings (SSSR count). The molecule has 0 unspecified atom stereocenters. The van der Waals surface area contributed by atoms with Crippen LogP contribution in [0.1, 0.15) is 48.8 Å². The van der Waals surface area contributed by atoms with Gasteiger partial charge in [-0.2, -0.15) is 0 Å². The summed E-state index contributed by atoms with van der Waals surface area (Å²) in [4.78, 5) is 0. The number of aryl methyl sites for hydroxylation is 1. The van der Waals surface area contributed by atoms with Crippen molar-refractivity contribution in [2.24, 2.45) is 5.73 Å². The average molecular weight is 282 g/mol. The number of halogens is 1. The summed E-state index contributed by atoms with van der Waals surface area (Å²) < 4.78 is 5.35. The summed E-state index contributed by atoms with van der Waals surface area (Å²) in [5, 5.41) is 0.737. The molecule has 106 valence electrons. The van der Waals surface area contributed by atoms with Crippen LogP contribution in [-0.4, -0.2) is 13.7 Å². The quantitative estimate of drug-likeness (QED) is 0.904. The molecular formula is C16H24ClNO. The van der Waals surface area contributed by atoms with Crippen molar-refractivity contribution in [3.63, 3.8) is 0 Å². The first kappa shape index (κ1) is 14.7. The molecule has 1 fully saturated rings. The van der Waals surface area contributed by atoms with Crippen molar-refractivity contribution >= 4 is 11.6 Å². The highest BCUT2D eigenvalue weighted by Crippen LogP contribution is 2.45. The van der Waals surface area contributed by atoms with Crippen LogP contribution < -0.4 is 10.5 Å². The lowest BCUT2D eigenvalue weighted by Gasteiger charge is -2.39. The molecule has 0 heterocycles. The molecule has 0 amide bonds. The lowest BCUT2D eigenvalue weighted by molar-refractivity contribution is 0.298. The van der Waals surface area contributed by atoms with E-state index in [2.05, 4.69) is 19.9 Å². The summed E-state index contributed by atoms with van der Waals surface area (Å²) in [5.74, 6) is 0.767. The second kappa shape index (κ2) is 5.72. The van der Waals surface area contributed by atoms with Gasteiger partial charge in [-0.1, -0.05) is 30.9 Å². The fourth-order valence-corrected chi connectivity index (χ4v) is 3.90. The van der Waals surface area contributed by atoms with Crippen LogP contribution in [0.3, 0.4) is 0 Å². The third-order valence-electron chi connectivity index (χ3n) is 4.61. The van der Waals surface area contributed by atoms with Gasteiger partial charge in [0.25, 0.3) is 0 Å². The summed E-state index contributed by atoms with van der Waals surface area (Å²) in [7, 11) is 1.67. The van der Waals surface area contributed by atoms with Crippen LogP contribution in [0.15, 0.2) is 6.07 Å². The van der Waals surface area contributed by atoms with E-state index in [-0.39, 0.29) is 5.41 Å². The molecule has 1 aliphatic carbocycles. The van der Waals surface area contributed by atoms with Crippen LogP contribution in [-0.2, 0) is 5.41 Å². The van der Waals surface area contributed by atoms with Crippen molar-refractivity contribution in [1.29, 1.82) is 0 Å². The van der Waals surface area contributed by atoms with Gasteiger partial charge in [0.05, 0.1) is 12.1 Å². The molecule has 1 saturated carbocycles. The number of nitrogens with two attached hydrogens (primary N) is 1. The van der Waals surface area contributed by atoms with Crippen LogP contribution in [0.5, 0.6) is 5.75 Å². The average Bonchev–Trinajstić information content (AvgIpc) is 2.44. The summed E-state index contributed by atoms with van der Waals surface area (Å²) in [6.07, 6.45) is 6.20. The van der Waals surface area contributed by atoms with Crippen molar-refractivity contribution in [2.75, 3.05) is 13.7 Å². The minimum Gasteiger partial charge on any atom is -0.495 e. The number of rotatable bonds is 3. The summed E-state index contributed by atoms with van der Waals surface area (Å²) in [5.41, 5.74) is 10.0. The first-order chi connectivity index (χ1) is 9.05. The minimum atomic E-state index is 0.113. The monoisotopic (exact) mass is 281 g/mol. The zero-order valence-electron chi connectivity index (χ0n) is 12.2. The second-order valence-electron chi connectivity index (χ2n) is 5.75. The van der Waals surface area contributed by atoms with Gasteiger partial charge >= 0.3 is 0 Å². The van der Waals surface area contributed by atoms with Gasteiger partial charge in [0.1, 0.15) is 5.75 Å². The van der Waals surface area contributed by atoms with Gasteiger partial charge in [-0.05, 0) is 49.4 Å². The van der Waals surface area contributed by atoms with E-state index in [4.69, 9.17) is 22.1 Å². The fraction of sp³-hybridized carbons (Fsp3) is 0.625. The Kier molecular flexibility index (Phi) is 4.42. The predicted molar refractivity (Wildman–Crippen MR) is 81.3 cm³/mol. The van der Waals surface area contributed by atoms with E-state index in [0.29, 0.717) is 6.54 Å². The molecule has 2 N–H and O–H groups in total. The first-order valence-electron chi connectivity index (χ1n) is 7.10. The second-order valence-corrected chi connectivity index (χ2v) is 6.13. The highest BCUT2D eigenvalue weighted by molar-refractivity contribution is 6.33. The Morgan fingerprint density at radius 1 is 1.26 bits per heavy atom. The van der Waals surface area contributed by atoms with Crippen LogP contribution in [0.2, 0.25) is 5.02 Å². The number of hydrogen-bond acceptors (Lipinski definition) is 2. The van der Waals surface area contributed by atoms with E-state index in [1.807, 2.05) is 0 Å². The zero-order chi connectivity index (χ0) is 14.0. The smallest absolute Gasteiger partial charge is 0.138 e. The molecule has 0 bridgehead atoms. The number of benzene rings is 1. The van der Waals surface area contributed by atoms with Gasteiger partial charge in [0.2, 0.25) is 0 Å². The van der Waals surface area contributed by atoms with Gasteiger partial charge < -0.3 is 10.5 Å². The molecule has 0 spiro atoms. The van der Waals surface area contributed by atoms with Gasteiger partial charge in [-0.3, -0.25) is 0 Å². The summed E-state index contributed by atoms with van der Waals surface area (Å²) >= 11 is 6.44. The molecule has 0 radical (unpaired) electrons. The highest BCUT2D eigenvalue weighted by Gasteiger charge is 2.35. The largest absolute Gasteiger partial charge is 0.495 e. The van der Waals surface area contributed by atoms with Crippen molar-refractivity contribution in [1.82, 2.24) is 0 Å². The van der Waals surface area contributed by atoms with Gasteiger partial charge in [0, 0.05) is 12.0 Å². The Morgan fingerprint density at radius 2 is 1.89 bits per heavy atom. The molecule has 1 aromatic carbocycles. The Hall–Kier alpha value is -0.730. The first-order valence-corrected chi connectivity index (χ1v) is 7.48. The Labute approximate surface area is 121 Å². The molecule has 2 nitrogen and oxygen atoms in total. The van der Waals surface area contributed by atoms with Crippen molar-refractivity contribution < 1.29 is 4.74 Å². The van der Waals surface area contributed by atoms with E-state index in [1.54, 1.807) is 7.11 Å². The Bertz CT molecular complexity index is 464. The van der Waals surface area contributed by atoms with Gasteiger partial charge in [0.15, 0.2) is 0 Å². The third kappa shape index (κ3) is 2.48. The topological polar surface area (TPSA) is 35.2 Å². The van der Waals surface area contributed by atoms with Crippen LogP contribution >= 0.6 is 11.6 Å². The summed E-state index contributed by atoms with van der Waals surface area (Å²) in [6.45, 7) is 4.95. The van der Waals surface area contributed by atoms with E-state index in [0.717, 1.165) is 16.3 Å². The van der Waals surface area contributed by atoms with Crippen molar-refractivity contribution in [3.8, 4) is 5.75 Å². The Balaban J connectivity index is 2.57. The highest BCUT2D eigenvalue weighted by atomic mass is 35.5. The maximum atomic E-state index is 6.44. The molecule has 0 aromatic heterocycles. The van der Waals surface area contributed by atoms with E-state index in [1.165, 1.54) is 43.2 Å². The number of methoxy groups -OCH3 is 1. The molecule has 0 aliphatic heterocycles. The Morgan fingerprint density at radius 3 is 2.42 bits per heavy atom. The molecule has 1 aromatic rings. The zero-order valence-corrected chi connectivity index (χ0v) is 12.9. The van der Waals surface area contributed by atoms with E-state index < -0.39 is 0 Å². The maximum absolute atomic E-state index is 6.44. The lowest BCUT2D eigenvalue weighted by Crippen LogP contribution is -2.38. The lowest BCUT2D eigenvalue weighted by atomic mass is 9.67. The third-order valence-corrected chi connectivity index (χ3v) is 5.08. The van der Waals surface area contributed by atoms with Crippen LogP contribution in [0.4, 0.5) is 0 Å². The molecular weight excluding hydrogens is 258 g/mol. The van der Waals surface area contributed by atoms with Crippen LogP contribution in [0, 0.1) is 13.8 Å². The summed E-state index contributed by atoms with van der Waals surface area (Å²) in [6, 6.07) is 2.05. The van der Waals surface area contributed by atoms with Gasteiger partial charge in [-0.15, -0.1) is 0 Å². The SMILES string of the molecule is COc1cc(C)c(C2(CN)CCCCC2)c(C)c1Cl. The molecule has 19 heavy (non-hydrogen) atoms. The van der Waals surface area contributed by atoms with Crippen LogP contribution in [0.25, 0.3) is 0 Å². The number of ether oxygens (including phenoxy) is 1. The fourth-order valence-electron chi connectivity index (χ4n) is 3.67. The number of hydrogen-bond donors (Lipinski definition) is 1. The predicted octanol–water partition coefficient (Wildman–Crippen LogP) is 4.13. The van der Waals surface area contributed by atoms with Crippen molar-refractivity contribution in [3.05, 3.63) is 27.8 Å². The minimum absolute atomic E-state index is 0.113. The molecule has 1 aliphatic rings. The van der Waals surface area contributed by atoms with E-state index >= 15 is 0 Å². The van der Waals surface area contributed by atoms with E-state index in [9.17, 15) is 0 Å². The standard InChI is InChI=1S/C16H24ClNO/c1-11-9-13(19-3)15(17)12(2)14(11)16(10-18)7-5-4-6-8-16/h9H,4-8,10,18H2,1-3H3. The molecule has 3 heteroatoms.